The summed E-state index contributed by atoms with van der Waals surface area (Å²) >= 11 is 0. The lowest BCUT2D eigenvalue weighted by molar-refractivity contribution is 0.953. The summed E-state index contributed by atoms with van der Waals surface area (Å²) in [6.45, 7) is 0. The molecule has 0 saturated heterocycles. The van der Waals surface area contributed by atoms with Gasteiger partial charge in [0.2, 0.25) is 5.95 Å². The minimum absolute atomic E-state index is 0.573. The van der Waals surface area contributed by atoms with E-state index in [1.807, 2.05) is 97.2 Å². The van der Waals surface area contributed by atoms with Crippen molar-refractivity contribution in [2.24, 2.45) is 0 Å². The van der Waals surface area contributed by atoms with Crippen LogP contribution in [-0.4, -0.2) is 34.1 Å². The fraction of sp³-hybridized carbons (Fsp3) is 0. The minimum Gasteiger partial charge on any atom is -0.301 e. The second-order valence-corrected chi connectivity index (χ2v) is 11.1. The van der Waals surface area contributed by atoms with Crippen molar-refractivity contribution in [2.75, 3.05) is 0 Å². The molecule has 0 aliphatic heterocycles. The van der Waals surface area contributed by atoms with Crippen molar-refractivity contribution in [1.29, 1.82) is 0 Å². The monoisotopic (exact) mass is 591 g/mol. The van der Waals surface area contributed by atoms with Gasteiger partial charge in [0.1, 0.15) is 5.82 Å². The number of benzene rings is 4. The molecule has 0 N–H and O–H groups in total. The van der Waals surface area contributed by atoms with E-state index < -0.39 is 0 Å². The van der Waals surface area contributed by atoms with Gasteiger partial charge in [-0.2, -0.15) is 9.97 Å². The first kappa shape index (κ1) is 26.0. The predicted octanol–water partition coefficient (Wildman–Crippen LogP) is 8.70. The second-order valence-electron chi connectivity index (χ2n) is 11.1. The number of pyridine rings is 2. The first-order valence-electron chi connectivity index (χ1n) is 15.1. The number of fused-ring (bicyclic) bond motifs is 5. The standard InChI is InChI=1S/C39H25N7/c1-3-11-26(12-4-1)37-42-38(27-13-5-2-6-14-27)44-39(43-37)46-33-18-8-7-16-29(33)36-30-22-24-45(32(30)20-21-34(36)46)35-19-9-17-31(41-35)28-15-10-23-40-25-28/h1-25H. The lowest BCUT2D eigenvalue weighted by Crippen LogP contribution is -2.06. The van der Waals surface area contributed by atoms with Crippen LogP contribution in [0.1, 0.15) is 0 Å². The Morgan fingerprint density at radius 2 is 1.13 bits per heavy atom. The molecule has 5 aromatic heterocycles. The molecule has 9 aromatic rings. The third-order valence-corrected chi connectivity index (χ3v) is 8.33. The molecule has 0 bridgehead atoms. The lowest BCUT2D eigenvalue weighted by atomic mass is 10.1. The number of nitrogens with zero attached hydrogens (tertiary/aromatic N) is 7. The zero-order valence-corrected chi connectivity index (χ0v) is 24.6. The SMILES string of the molecule is c1ccc(-c2nc(-c3ccccc3)nc(-n3c4ccccc4c4c5ccn(-c6cccc(-c7cccnc7)n6)c5ccc43)n2)cc1. The summed E-state index contributed by atoms with van der Waals surface area (Å²) in [5.74, 6) is 2.67. The van der Waals surface area contributed by atoms with E-state index in [0.717, 1.165) is 60.9 Å². The Morgan fingerprint density at radius 1 is 0.457 bits per heavy atom. The molecule has 0 saturated carbocycles. The Balaban J connectivity index is 1.28. The molecule has 0 spiro atoms. The Kier molecular flexibility index (Phi) is 5.99. The van der Waals surface area contributed by atoms with Crippen LogP contribution < -0.4 is 0 Å². The van der Waals surface area contributed by atoms with Crippen molar-refractivity contribution in [3.63, 3.8) is 0 Å². The first-order chi connectivity index (χ1) is 22.8. The predicted molar refractivity (Wildman–Crippen MR) is 183 cm³/mol. The van der Waals surface area contributed by atoms with Gasteiger partial charge in [-0.1, -0.05) is 84.9 Å². The summed E-state index contributed by atoms with van der Waals surface area (Å²) in [6, 6.07) is 45.1. The molecule has 4 aromatic carbocycles. The molecule has 0 amide bonds. The number of rotatable bonds is 5. The largest absolute Gasteiger partial charge is 0.301 e. The van der Waals surface area contributed by atoms with E-state index in [-0.39, 0.29) is 0 Å². The van der Waals surface area contributed by atoms with Crippen molar-refractivity contribution < 1.29 is 0 Å². The van der Waals surface area contributed by atoms with Gasteiger partial charge in [-0.3, -0.25) is 9.55 Å². The Hall–Kier alpha value is -6.47. The van der Waals surface area contributed by atoms with Crippen LogP contribution in [0.5, 0.6) is 0 Å². The fourth-order valence-electron chi connectivity index (χ4n) is 6.23. The third kappa shape index (κ3) is 4.25. The maximum atomic E-state index is 5.06. The molecule has 46 heavy (non-hydrogen) atoms. The average Bonchev–Trinajstić information content (AvgIpc) is 3.72. The van der Waals surface area contributed by atoms with Crippen molar-refractivity contribution in [3.05, 3.63) is 152 Å². The molecule has 0 radical (unpaired) electrons. The molecule has 7 heteroatoms. The number of hydrogen-bond acceptors (Lipinski definition) is 5. The smallest absolute Gasteiger partial charge is 0.238 e. The van der Waals surface area contributed by atoms with Gasteiger partial charge in [-0.15, -0.1) is 0 Å². The first-order valence-corrected chi connectivity index (χ1v) is 15.1. The summed E-state index contributed by atoms with van der Waals surface area (Å²) in [5, 5.41) is 3.39. The van der Waals surface area contributed by atoms with E-state index in [1.165, 1.54) is 0 Å². The Bertz CT molecular complexity index is 2460. The van der Waals surface area contributed by atoms with Crippen LogP contribution in [0.2, 0.25) is 0 Å². The van der Waals surface area contributed by atoms with E-state index in [2.05, 4.69) is 62.8 Å². The van der Waals surface area contributed by atoms with Crippen LogP contribution in [0.15, 0.2) is 152 Å². The van der Waals surface area contributed by atoms with Gasteiger partial charge in [0.05, 0.1) is 22.2 Å². The van der Waals surface area contributed by atoms with Crippen molar-refractivity contribution in [3.8, 4) is 45.8 Å². The maximum absolute atomic E-state index is 5.06. The van der Waals surface area contributed by atoms with Gasteiger partial charge < -0.3 is 4.57 Å². The summed E-state index contributed by atoms with van der Waals surface area (Å²) in [6.07, 6.45) is 5.71. The number of hydrogen-bond donors (Lipinski definition) is 0. The molecule has 9 rings (SSSR count). The summed E-state index contributed by atoms with van der Waals surface area (Å²) < 4.78 is 4.30. The van der Waals surface area contributed by atoms with Crippen LogP contribution in [0.3, 0.4) is 0 Å². The van der Waals surface area contributed by atoms with Gasteiger partial charge in [0, 0.05) is 51.4 Å². The van der Waals surface area contributed by atoms with Gasteiger partial charge in [-0.05, 0) is 48.5 Å². The lowest BCUT2D eigenvalue weighted by Gasteiger charge is -2.11. The molecule has 0 atom stereocenters. The zero-order valence-electron chi connectivity index (χ0n) is 24.6. The average molecular weight is 592 g/mol. The van der Waals surface area contributed by atoms with Gasteiger partial charge in [-0.25, -0.2) is 9.97 Å². The normalized spacial score (nSPS) is 11.5. The summed E-state index contributed by atoms with van der Waals surface area (Å²) in [4.78, 5) is 24.3. The van der Waals surface area contributed by atoms with Crippen LogP contribution >= 0.6 is 0 Å². The highest BCUT2D eigenvalue weighted by molar-refractivity contribution is 6.21. The van der Waals surface area contributed by atoms with Gasteiger partial charge >= 0.3 is 0 Å². The van der Waals surface area contributed by atoms with Gasteiger partial charge in [0.25, 0.3) is 0 Å². The Morgan fingerprint density at radius 3 is 1.87 bits per heavy atom. The Labute approximate surface area is 264 Å². The van der Waals surface area contributed by atoms with Crippen LogP contribution in [-0.2, 0) is 0 Å². The molecule has 5 heterocycles. The quantitative estimate of drug-likeness (QED) is 0.200. The third-order valence-electron chi connectivity index (χ3n) is 8.33. The van der Waals surface area contributed by atoms with E-state index >= 15 is 0 Å². The van der Waals surface area contributed by atoms with E-state index in [1.54, 1.807) is 6.20 Å². The van der Waals surface area contributed by atoms with Crippen LogP contribution in [0.25, 0.3) is 78.5 Å². The second kappa shape index (κ2) is 10.6. The van der Waals surface area contributed by atoms with Crippen molar-refractivity contribution in [1.82, 2.24) is 34.1 Å². The molecule has 0 fully saturated rings. The maximum Gasteiger partial charge on any atom is 0.238 e. The highest BCUT2D eigenvalue weighted by Crippen LogP contribution is 2.38. The van der Waals surface area contributed by atoms with Crippen molar-refractivity contribution >= 4 is 32.7 Å². The summed E-state index contributed by atoms with van der Waals surface area (Å²) in [5.41, 5.74) is 6.84. The molecular formula is C39H25N7. The van der Waals surface area contributed by atoms with E-state index in [4.69, 9.17) is 19.9 Å². The fourth-order valence-corrected chi connectivity index (χ4v) is 6.23. The van der Waals surface area contributed by atoms with Crippen LogP contribution in [0, 0.1) is 0 Å². The van der Waals surface area contributed by atoms with Crippen LogP contribution in [0.4, 0.5) is 0 Å². The minimum atomic E-state index is 0.573. The molecule has 216 valence electrons. The molecule has 0 aliphatic carbocycles. The zero-order chi connectivity index (χ0) is 30.5. The highest BCUT2D eigenvalue weighted by atomic mass is 15.2. The van der Waals surface area contributed by atoms with Crippen molar-refractivity contribution in [2.45, 2.75) is 0 Å². The molecule has 0 aliphatic rings. The van der Waals surface area contributed by atoms with E-state index in [9.17, 15) is 0 Å². The highest BCUT2D eigenvalue weighted by Gasteiger charge is 2.20. The van der Waals surface area contributed by atoms with E-state index in [0.29, 0.717) is 17.6 Å². The summed E-state index contributed by atoms with van der Waals surface area (Å²) in [7, 11) is 0. The van der Waals surface area contributed by atoms with Gasteiger partial charge in [0.15, 0.2) is 11.6 Å². The molecule has 0 unspecified atom stereocenters. The number of para-hydroxylation sites is 1. The molecule has 7 nitrogen and oxygen atoms in total. The number of aromatic nitrogens is 7. The topological polar surface area (TPSA) is 74.3 Å². The molecular weight excluding hydrogens is 566 g/mol.